The summed E-state index contributed by atoms with van der Waals surface area (Å²) >= 11 is 0. The van der Waals surface area contributed by atoms with Crippen LogP contribution < -0.4 is 10.2 Å². The van der Waals surface area contributed by atoms with Gasteiger partial charge in [0.2, 0.25) is 0 Å². The van der Waals surface area contributed by atoms with Crippen LogP contribution in [0.2, 0.25) is 0 Å². The van der Waals surface area contributed by atoms with E-state index in [1.807, 2.05) is 6.20 Å². The maximum absolute atomic E-state index is 7.80. The van der Waals surface area contributed by atoms with Crippen molar-refractivity contribution < 1.29 is 4.74 Å². The third-order valence-electron chi connectivity index (χ3n) is 5.04. The van der Waals surface area contributed by atoms with E-state index in [4.69, 9.17) is 11.3 Å². The number of rotatable bonds is 4. The molecule has 2 aliphatic heterocycles. The van der Waals surface area contributed by atoms with Gasteiger partial charge in [-0.3, -0.25) is 5.10 Å². The number of ether oxygens (including phenoxy) is 1. The summed E-state index contributed by atoms with van der Waals surface area (Å²) in [5.74, 6) is 0.827. The van der Waals surface area contributed by atoms with E-state index in [1.54, 1.807) is 0 Å². The summed E-state index contributed by atoms with van der Waals surface area (Å²) in [6, 6.07) is 8.56. The molecule has 134 valence electrons. The van der Waals surface area contributed by atoms with E-state index >= 15 is 0 Å². The molecule has 6 nitrogen and oxygen atoms in total. The Balaban J connectivity index is 1.77. The van der Waals surface area contributed by atoms with Crippen LogP contribution in [0.5, 0.6) is 0 Å². The Bertz CT molecular complexity index is 857. The number of benzene rings is 1. The van der Waals surface area contributed by atoms with Crippen molar-refractivity contribution in [1.29, 1.82) is 0 Å². The van der Waals surface area contributed by atoms with Crippen LogP contribution in [0.25, 0.3) is 4.85 Å². The number of hydrogen-bond donors (Lipinski definition) is 2. The maximum Gasteiger partial charge on any atom is 0.196 e. The second kappa shape index (κ2) is 7.22. The molecule has 1 saturated heterocycles. The standard InChI is InChI=1S/C20H23N5O/c1-3-5-17-19(21-2)18(16-13-22-24-20(16)23-17)14-6-4-7-15(12-14)25-8-10-26-11-9-25/h4,6-7,12-13,18H,3,5,8-11H2,1H3,(H2,22,23,24). The van der Waals surface area contributed by atoms with Crippen LogP contribution in [0.15, 0.2) is 41.9 Å². The molecule has 0 saturated carbocycles. The van der Waals surface area contributed by atoms with E-state index in [9.17, 15) is 0 Å². The Kier molecular flexibility index (Phi) is 4.63. The second-order valence-electron chi connectivity index (χ2n) is 6.68. The van der Waals surface area contributed by atoms with Gasteiger partial charge in [-0.05, 0) is 24.1 Å². The molecule has 2 aromatic rings. The van der Waals surface area contributed by atoms with Gasteiger partial charge in [-0.15, -0.1) is 0 Å². The smallest absolute Gasteiger partial charge is 0.196 e. The number of anilines is 2. The van der Waals surface area contributed by atoms with Crippen molar-refractivity contribution in [3.05, 3.63) is 64.4 Å². The van der Waals surface area contributed by atoms with E-state index in [0.29, 0.717) is 0 Å². The predicted octanol–water partition coefficient (Wildman–Crippen LogP) is 3.73. The van der Waals surface area contributed by atoms with Gasteiger partial charge >= 0.3 is 0 Å². The van der Waals surface area contributed by atoms with Crippen LogP contribution in [0, 0.1) is 6.57 Å². The first kappa shape index (κ1) is 16.7. The van der Waals surface area contributed by atoms with Gasteiger partial charge in [-0.1, -0.05) is 25.5 Å². The quantitative estimate of drug-likeness (QED) is 0.826. The number of morpholine rings is 1. The van der Waals surface area contributed by atoms with Crippen molar-refractivity contribution in [3.63, 3.8) is 0 Å². The molecule has 1 fully saturated rings. The number of hydrogen-bond acceptors (Lipinski definition) is 4. The molecule has 0 radical (unpaired) electrons. The van der Waals surface area contributed by atoms with E-state index in [1.165, 1.54) is 5.69 Å². The number of nitrogens with one attached hydrogen (secondary N) is 2. The topological polar surface area (TPSA) is 57.5 Å². The molecule has 4 rings (SSSR count). The first-order valence-electron chi connectivity index (χ1n) is 9.15. The molecule has 3 heterocycles. The average molecular weight is 349 g/mol. The number of aromatic amines is 1. The largest absolute Gasteiger partial charge is 0.378 e. The molecule has 1 unspecified atom stereocenters. The monoisotopic (exact) mass is 349 g/mol. The second-order valence-corrected chi connectivity index (χ2v) is 6.68. The third kappa shape index (κ3) is 2.95. The normalized spacial score (nSPS) is 19.7. The average Bonchev–Trinajstić information content (AvgIpc) is 3.16. The summed E-state index contributed by atoms with van der Waals surface area (Å²) in [5, 5.41) is 10.6. The predicted molar refractivity (Wildman–Crippen MR) is 102 cm³/mol. The molecule has 0 spiro atoms. The van der Waals surface area contributed by atoms with Crippen molar-refractivity contribution in [2.24, 2.45) is 0 Å². The summed E-state index contributed by atoms with van der Waals surface area (Å²) in [6.45, 7) is 13.3. The van der Waals surface area contributed by atoms with Crippen LogP contribution >= 0.6 is 0 Å². The lowest BCUT2D eigenvalue weighted by Crippen LogP contribution is -2.36. The van der Waals surface area contributed by atoms with E-state index < -0.39 is 0 Å². The van der Waals surface area contributed by atoms with Crippen molar-refractivity contribution in [2.45, 2.75) is 25.7 Å². The fourth-order valence-corrected chi connectivity index (χ4v) is 3.78. The van der Waals surface area contributed by atoms with E-state index in [-0.39, 0.29) is 5.92 Å². The fraction of sp³-hybridized carbons (Fsp3) is 0.400. The van der Waals surface area contributed by atoms with Gasteiger partial charge in [-0.2, -0.15) is 5.10 Å². The lowest BCUT2D eigenvalue weighted by atomic mass is 9.86. The zero-order valence-electron chi connectivity index (χ0n) is 15.0. The van der Waals surface area contributed by atoms with Gasteiger partial charge in [-0.25, -0.2) is 4.85 Å². The molecular weight excluding hydrogens is 326 g/mol. The Hall–Kier alpha value is -2.78. The van der Waals surface area contributed by atoms with Gasteiger partial charge < -0.3 is 15.0 Å². The summed E-state index contributed by atoms with van der Waals surface area (Å²) in [4.78, 5) is 6.26. The molecular formula is C20H23N5O. The molecule has 1 aromatic heterocycles. The minimum atomic E-state index is -0.0787. The van der Waals surface area contributed by atoms with Gasteiger partial charge in [0, 0.05) is 30.0 Å². The number of allylic oxidation sites excluding steroid dienone is 2. The van der Waals surface area contributed by atoms with Crippen LogP contribution in [-0.4, -0.2) is 36.5 Å². The first-order chi connectivity index (χ1) is 12.8. The Morgan fingerprint density at radius 1 is 1.35 bits per heavy atom. The maximum atomic E-state index is 7.80. The lowest BCUT2D eigenvalue weighted by molar-refractivity contribution is 0.122. The molecule has 2 aliphatic rings. The highest BCUT2D eigenvalue weighted by molar-refractivity contribution is 5.64. The van der Waals surface area contributed by atoms with Crippen LogP contribution in [0.3, 0.4) is 0 Å². The highest BCUT2D eigenvalue weighted by Crippen LogP contribution is 2.43. The van der Waals surface area contributed by atoms with Gasteiger partial charge in [0.1, 0.15) is 5.82 Å². The van der Waals surface area contributed by atoms with E-state index in [2.05, 4.69) is 56.4 Å². The Morgan fingerprint density at radius 3 is 2.96 bits per heavy atom. The number of nitrogens with zero attached hydrogens (tertiary/aromatic N) is 3. The van der Waals surface area contributed by atoms with Crippen LogP contribution in [0.4, 0.5) is 11.5 Å². The van der Waals surface area contributed by atoms with Crippen LogP contribution in [0.1, 0.15) is 36.8 Å². The van der Waals surface area contributed by atoms with Gasteiger partial charge in [0.25, 0.3) is 0 Å². The van der Waals surface area contributed by atoms with Crippen LogP contribution in [-0.2, 0) is 4.74 Å². The summed E-state index contributed by atoms with van der Waals surface area (Å²) in [6.07, 6.45) is 3.68. The van der Waals surface area contributed by atoms with Crippen molar-refractivity contribution >= 4 is 11.5 Å². The van der Waals surface area contributed by atoms with Crippen molar-refractivity contribution in [2.75, 3.05) is 36.5 Å². The van der Waals surface area contributed by atoms with Crippen molar-refractivity contribution in [1.82, 2.24) is 10.2 Å². The SMILES string of the molecule is [C-]#[N+]C1=C(CCC)Nc2[nH]ncc2C1c1cccc(N2CCOCC2)c1. The minimum absolute atomic E-state index is 0.0787. The molecule has 1 atom stereocenters. The molecule has 26 heavy (non-hydrogen) atoms. The summed E-state index contributed by atoms with van der Waals surface area (Å²) in [7, 11) is 0. The number of fused-ring (bicyclic) bond motifs is 1. The zero-order valence-corrected chi connectivity index (χ0v) is 15.0. The Morgan fingerprint density at radius 2 is 2.19 bits per heavy atom. The Labute approximate surface area is 153 Å². The molecule has 0 aliphatic carbocycles. The minimum Gasteiger partial charge on any atom is -0.378 e. The molecule has 2 N–H and O–H groups in total. The highest BCUT2D eigenvalue weighted by atomic mass is 16.5. The van der Waals surface area contributed by atoms with E-state index in [0.717, 1.165) is 67.5 Å². The zero-order chi connectivity index (χ0) is 17.9. The third-order valence-corrected chi connectivity index (χ3v) is 5.04. The summed E-state index contributed by atoms with van der Waals surface area (Å²) in [5.41, 5.74) is 5.14. The molecule has 0 amide bonds. The van der Waals surface area contributed by atoms with Gasteiger partial charge in [0.15, 0.2) is 5.70 Å². The first-order valence-corrected chi connectivity index (χ1v) is 9.15. The lowest BCUT2D eigenvalue weighted by Gasteiger charge is -2.30. The summed E-state index contributed by atoms with van der Waals surface area (Å²) < 4.78 is 5.47. The number of aromatic nitrogens is 2. The number of H-pyrrole nitrogens is 1. The molecule has 0 bridgehead atoms. The molecule has 6 heteroatoms. The fourth-order valence-electron chi connectivity index (χ4n) is 3.78. The molecule has 1 aromatic carbocycles. The van der Waals surface area contributed by atoms with Gasteiger partial charge in [0.05, 0.1) is 31.9 Å². The van der Waals surface area contributed by atoms with Crippen molar-refractivity contribution in [3.8, 4) is 0 Å². The highest BCUT2D eigenvalue weighted by Gasteiger charge is 2.31.